The summed E-state index contributed by atoms with van der Waals surface area (Å²) in [5.74, 6) is 0.307. The highest BCUT2D eigenvalue weighted by atomic mass is 35.5. The summed E-state index contributed by atoms with van der Waals surface area (Å²) in [6, 6.07) is 7.53. The molecule has 2 aromatic carbocycles. The largest absolute Gasteiger partial charge is 0.486 e. The van der Waals surface area contributed by atoms with E-state index in [0.717, 1.165) is 5.56 Å². The second kappa shape index (κ2) is 10.4. The number of amides is 2. The van der Waals surface area contributed by atoms with Crippen LogP contribution in [0.15, 0.2) is 30.3 Å². The molecule has 0 bridgehead atoms. The Balaban J connectivity index is 1.59. The minimum absolute atomic E-state index is 0.126. The van der Waals surface area contributed by atoms with Crippen LogP contribution in [0.4, 0.5) is 0 Å². The number of fused-ring (bicyclic) bond motifs is 1. The first kappa shape index (κ1) is 23.5. The van der Waals surface area contributed by atoms with Gasteiger partial charge in [-0.2, -0.15) is 0 Å². The van der Waals surface area contributed by atoms with Crippen molar-refractivity contribution in [1.29, 1.82) is 0 Å². The van der Waals surface area contributed by atoms with Crippen LogP contribution in [0.2, 0.25) is 15.1 Å². The van der Waals surface area contributed by atoms with E-state index in [9.17, 15) is 9.59 Å². The van der Waals surface area contributed by atoms with Crippen LogP contribution in [0.1, 0.15) is 29.8 Å². The van der Waals surface area contributed by atoms with Crippen LogP contribution in [0, 0.1) is 5.92 Å². The third-order valence-corrected chi connectivity index (χ3v) is 5.61. The van der Waals surface area contributed by atoms with E-state index >= 15 is 0 Å². The van der Waals surface area contributed by atoms with Gasteiger partial charge >= 0.3 is 0 Å². The Bertz CT molecular complexity index is 981. The van der Waals surface area contributed by atoms with Crippen molar-refractivity contribution >= 4 is 46.6 Å². The monoisotopic (exact) mass is 484 g/mol. The lowest BCUT2D eigenvalue weighted by molar-refractivity contribution is -0.123. The first-order valence-corrected chi connectivity index (χ1v) is 11.0. The van der Waals surface area contributed by atoms with Crippen molar-refractivity contribution in [2.75, 3.05) is 19.8 Å². The normalized spacial score (nSPS) is 13.6. The van der Waals surface area contributed by atoms with Crippen LogP contribution >= 0.6 is 34.8 Å². The number of rotatable bonds is 7. The first-order chi connectivity index (χ1) is 14.8. The van der Waals surface area contributed by atoms with E-state index in [1.54, 1.807) is 12.1 Å². The number of hydrogen-bond donors (Lipinski definition) is 2. The molecule has 31 heavy (non-hydrogen) atoms. The van der Waals surface area contributed by atoms with Crippen molar-refractivity contribution in [2.45, 2.75) is 26.3 Å². The summed E-state index contributed by atoms with van der Waals surface area (Å²) < 4.78 is 11.1. The molecule has 0 saturated carbocycles. The molecule has 166 valence electrons. The summed E-state index contributed by atoms with van der Waals surface area (Å²) >= 11 is 18.2. The summed E-state index contributed by atoms with van der Waals surface area (Å²) in [5.41, 5.74) is 1.17. The molecule has 0 fully saturated rings. The average Bonchev–Trinajstić information content (AvgIpc) is 2.71. The molecule has 6 nitrogen and oxygen atoms in total. The quantitative estimate of drug-likeness (QED) is 0.604. The molecule has 3 rings (SSSR count). The predicted octanol–water partition coefficient (Wildman–Crippen LogP) is 4.53. The van der Waals surface area contributed by atoms with Gasteiger partial charge in [0.15, 0.2) is 11.5 Å². The van der Waals surface area contributed by atoms with Crippen LogP contribution in [-0.4, -0.2) is 37.6 Å². The maximum atomic E-state index is 12.7. The number of nitrogens with one attached hydrogen (secondary N) is 2. The molecule has 0 aliphatic carbocycles. The van der Waals surface area contributed by atoms with Gasteiger partial charge in [0.25, 0.3) is 5.91 Å². The zero-order chi connectivity index (χ0) is 22.5. The minimum Gasteiger partial charge on any atom is -0.486 e. The Morgan fingerprint density at radius 1 is 1.03 bits per heavy atom. The van der Waals surface area contributed by atoms with Crippen molar-refractivity contribution in [3.8, 4) is 11.5 Å². The highest BCUT2D eigenvalue weighted by Gasteiger charge is 2.25. The molecule has 1 aliphatic heterocycles. The highest BCUT2D eigenvalue weighted by Crippen LogP contribution is 2.38. The third-order valence-electron chi connectivity index (χ3n) is 4.78. The summed E-state index contributed by atoms with van der Waals surface area (Å²) in [7, 11) is 0. The summed E-state index contributed by atoms with van der Waals surface area (Å²) in [4.78, 5) is 25.3. The van der Waals surface area contributed by atoms with Crippen LogP contribution in [0.3, 0.4) is 0 Å². The lowest BCUT2D eigenvalue weighted by Crippen LogP contribution is -2.50. The van der Waals surface area contributed by atoms with Gasteiger partial charge in [0.2, 0.25) is 5.91 Å². The van der Waals surface area contributed by atoms with E-state index in [4.69, 9.17) is 44.3 Å². The number of carbonyl (C=O) groups is 2. The van der Waals surface area contributed by atoms with E-state index < -0.39 is 11.9 Å². The van der Waals surface area contributed by atoms with Crippen LogP contribution in [-0.2, 0) is 11.2 Å². The van der Waals surface area contributed by atoms with Gasteiger partial charge in [-0.1, -0.05) is 48.7 Å². The molecule has 2 N–H and O–H groups in total. The van der Waals surface area contributed by atoms with Gasteiger partial charge in [-0.3, -0.25) is 9.59 Å². The second-order valence-electron chi connectivity index (χ2n) is 7.46. The Hall–Kier alpha value is -2.15. The van der Waals surface area contributed by atoms with Gasteiger partial charge in [-0.25, -0.2) is 0 Å². The lowest BCUT2D eigenvalue weighted by Gasteiger charge is -2.22. The SMILES string of the molecule is CC(C)[C@@H](NC(=O)c1ccc(Cl)cc1Cl)C(=O)NCCc1cc(Cl)c2c(c1)OCCO2. The highest BCUT2D eigenvalue weighted by molar-refractivity contribution is 6.36. The Morgan fingerprint density at radius 3 is 2.48 bits per heavy atom. The standard InChI is InChI=1S/C22H23Cl3N2O4/c1-12(2)19(27-21(28)15-4-3-14(23)11-16(15)24)22(29)26-6-5-13-9-17(25)20-18(10-13)30-7-8-31-20/h3-4,9-12,19H,5-8H2,1-2H3,(H,26,29)(H,27,28)/t19-/m1/s1. The number of ether oxygens (including phenoxy) is 2. The zero-order valence-electron chi connectivity index (χ0n) is 17.1. The molecule has 1 aliphatic rings. The van der Waals surface area contributed by atoms with Gasteiger partial charge in [0.1, 0.15) is 19.3 Å². The maximum Gasteiger partial charge on any atom is 0.253 e. The first-order valence-electron chi connectivity index (χ1n) is 9.88. The maximum absolute atomic E-state index is 12.7. The smallest absolute Gasteiger partial charge is 0.253 e. The molecule has 0 aromatic heterocycles. The molecule has 1 heterocycles. The number of benzene rings is 2. The van der Waals surface area contributed by atoms with Crippen molar-refractivity contribution in [1.82, 2.24) is 10.6 Å². The van der Waals surface area contributed by atoms with Gasteiger partial charge < -0.3 is 20.1 Å². The van der Waals surface area contributed by atoms with Crippen molar-refractivity contribution in [3.05, 3.63) is 56.5 Å². The zero-order valence-corrected chi connectivity index (χ0v) is 19.4. The molecular formula is C22H23Cl3N2O4. The average molecular weight is 486 g/mol. The molecule has 0 saturated heterocycles. The van der Waals surface area contributed by atoms with Gasteiger partial charge in [0.05, 0.1) is 15.6 Å². The van der Waals surface area contributed by atoms with Gasteiger partial charge in [0, 0.05) is 11.6 Å². The fraction of sp³-hybridized carbons (Fsp3) is 0.364. The van der Waals surface area contributed by atoms with Crippen LogP contribution in [0.25, 0.3) is 0 Å². The fourth-order valence-corrected chi connectivity index (χ4v) is 3.96. The van der Waals surface area contributed by atoms with Crippen LogP contribution in [0.5, 0.6) is 11.5 Å². The van der Waals surface area contributed by atoms with E-state index in [1.165, 1.54) is 12.1 Å². The molecule has 0 unspecified atom stereocenters. The fourth-order valence-electron chi connectivity index (χ4n) is 3.18. The molecule has 1 atom stereocenters. The van der Waals surface area contributed by atoms with E-state index in [1.807, 2.05) is 19.9 Å². The minimum atomic E-state index is -0.719. The van der Waals surface area contributed by atoms with Gasteiger partial charge in [-0.15, -0.1) is 0 Å². The molecule has 9 heteroatoms. The number of halogens is 3. The second-order valence-corrected chi connectivity index (χ2v) is 8.71. The molecule has 0 radical (unpaired) electrons. The lowest BCUT2D eigenvalue weighted by atomic mass is 10.0. The Morgan fingerprint density at radius 2 is 1.77 bits per heavy atom. The molecule has 2 amide bonds. The topological polar surface area (TPSA) is 76.7 Å². The predicted molar refractivity (Wildman–Crippen MR) is 122 cm³/mol. The third kappa shape index (κ3) is 5.97. The summed E-state index contributed by atoms with van der Waals surface area (Å²) in [6.07, 6.45) is 0.546. The Labute approximate surface area is 196 Å². The molecule has 2 aromatic rings. The van der Waals surface area contributed by atoms with E-state index in [-0.39, 0.29) is 22.4 Å². The molecular weight excluding hydrogens is 463 g/mol. The van der Waals surface area contributed by atoms with Crippen molar-refractivity contribution in [3.63, 3.8) is 0 Å². The van der Waals surface area contributed by atoms with Crippen molar-refractivity contribution < 1.29 is 19.1 Å². The number of hydrogen-bond acceptors (Lipinski definition) is 4. The summed E-state index contributed by atoms with van der Waals surface area (Å²) in [6.45, 7) is 5.02. The van der Waals surface area contributed by atoms with E-state index in [2.05, 4.69) is 10.6 Å². The van der Waals surface area contributed by atoms with Crippen molar-refractivity contribution in [2.24, 2.45) is 5.92 Å². The Kier molecular flexibility index (Phi) is 7.92. The van der Waals surface area contributed by atoms with Crippen LogP contribution < -0.4 is 20.1 Å². The van der Waals surface area contributed by atoms with Gasteiger partial charge in [-0.05, 0) is 48.2 Å². The summed E-state index contributed by atoms with van der Waals surface area (Å²) in [5, 5.41) is 6.76. The number of carbonyl (C=O) groups excluding carboxylic acids is 2. The molecule has 0 spiro atoms. The van der Waals surface area contributed by atoms with E-state index in [0.29, 0.717) is 47.7 Å².